The van der Waals surface area contributed by atoms with E-state index in [4.69, 9.17) is 18.5 Å². The number of nitrogens with zero attached hydrogens (tertiary/aromatic N) is 1. The van der Waals surface area contributed by atoms with Crippen LogP contribution in [-0.4, -0.2) is 103 Å². The van der Waals surface area contributed by atoms with Gasteiger partial charge in [-0.2, -0.15) is 0 Å². The lowest BCUT2D eigenvalue weighted by molar-refractivity contribution is -0.870. The number of ether oxygens (including phenoxy) is 2. The van der Waals surface area contributed by atoms with Crippen molar-refractivity contribution in [1.29, 1.82) is 0 Å². The van der Waals surface area contributed by atoms with E-state index in [1.165, 1.54) is 38.5 Å². The molecule has 1 saturated carbocycles. The second kappa shape index (κ2) is 33.7. The minimum Gasteiger partial charge on any atom is -0.462 e. The summed E-state index contributed by atoms with van der Waals surface area (Å²) >= 11 is 0. The largest absolute Gasteiger partial charge is 0.472 e. The second-order valence-corrected chi connectivity index (χ2v) is 19.0. The Morgan fingerprint density at radius 3 is 1.97 bits per heavy atom. The molecule has 13 heteroatoms. The van der Waals surface area contributed by atoms with Crippen LogP contribution >= 0.6 is 7.82 Å². The van der Waals surface area contributed by atoms with E-state index in [9.17, 15) is 34.1 Å². The molecule has 1 aliphatic carbocycles. The molecular weight excluding hydrogens is 773 g/mol. The Morgan fingerprint density at radius 1 is 0.780 bits per heavy atom. The molecule has 0 aromatic rings. The van der Waals surface area contributed by atoms with Crippen LogP contribution in [0.1, 0.15) is 174 Å². The molecule has 59 heavy (non-hydrogen) atoms. The number of esters is 2. The van der Waals surface area contributed by atoms with Gasteiger partial charge in [-0.05, 0) is 51.4 Å². The standard InChI is InChI=1S/C46H84NO11P/c1-6-8-10-11-12-13-14-15-16-17-18-19-20-21-27-31-46(52)58-40(38-57-59(53,54)56-35-34-47(3,4)5)37-55-45(51)30-26-23-22-25-29-41-42(44(50)36-43(41)49)33-32-39(48)28-24-9-7-2/h15-16,32-33,39-42,44,48,50H,6-14,17-31,34-38H2,1-5H3/p+1/b16-15-,33-32+/t39-,40+,41+,42+,44+/m0/s1. The van der Waals surface area contributed by atoms with Crippen molar-refractivity contribution in [3.63, 3.8) is 0 Å². The summed E-state index contributed by atoms with van der Waals surface area (Å²) in [7, 11) is 1.34. The summed E-state index contributed by atoms with van der Waals surface area (Å²) in [6, 6.07) is 0. The van der Waals surface area contributed by atoms with Crippen LogP contribution < -0.4 is 0 Å². The fraction of sp³-hybridized carbons (Fsp3) is 0.848. The zero-order valence-corrected chi connectivity index (χ0v) is 38.6. The highest BCUT2D eigenvalue weighted by atomic mass is 31.2. The van der Waals surface area contributed by atoms with Crippen molar-refractivity contribution in [3.05, 3.63) is 24.3 Å². The molecule has 0 aromatic heterocycles. The minimum absolute atomic E-state index is 0.00786. The normalized spacial score (nSPS) is 19.4. The highest BCUT2D eigenvalue weighted by Gasteiger charge is 2.39. The van der Waals surface area contributed by atoms with Crippen molar-refractivity contribution >= 4 is 25.5 Å². The molecule has 1 unspecified atom stereocenters. The maximum absolute atomic E-state index is 12.7. The van der Waals surface area contributed by atoms with Crippen LogP contribution in [0.4, 0.5) is 0 Å². The Hall–Kier alpha value is -1.92. The number of carbonyl (C=O) groups excluding carboxylic acids is 3. The molecule has 0 aromatic carbocycles. The first-order valence-corrected chi connectivity index (χ1v) is 24.7. The second-order valence-electron chi connectivity index (χ2n) is 17.6. The topological polar surface area (TPSA) is 166 Å². The maximum atomic E-state index is 12.7. The number of allylic oxidation sites excluding steroid dienone is 2. The average molecular weight is 859 g/mol. The van der Waals surface area contributed by atoms with E-state index in [1.54, 1.807) is 6.08 Å². The van der Waals surface area contributed by atoms with Crippen LogP contribution in [0.5, 0.6) is 0 Å². The van der Waals surface area contributed by atoms with Gasteiger partial charge in [-0.3, -0.25) is 23.4 Å². The lowest BCUT2D eigenvalue weighted by Gasteiger charge is -2.24. The Bertz CT molecular complexity index is 1220. The van der Waals surface area contributed by atoms with Crippen LogP contribution in [-0.2, 0) is 37.5 Å². The van der Waals surface area contributed by atoms with E-state index >= 15 is 0 Å². The molecule has 0 aliphatic heterocycles. The van der Waals surface area contributed by atoms with E-state index in [-0.39, 0.29) is 50.1 Å². The van der Waals surface area contributed by atoms with Crippen LogP contribution in [0, 0.1) is 11.8 Å². The lowest BCUT2D eigenvalue weighted by atomic mass is 9.88. The first-order valence-electron chi connectivity index (χ1n) is 23.2. The van der Waals surface area contributed by atoms with Gasteiger partial charge in [-0.1, -0.05) is 128 Å². The van der Waals surface area contributed by atoms with Crippen molar-refractivity contribution in [3.8, 4) is 0 Å². The molecule has 0 radical (unpaired) electrons. The number of Topliss-reactive ketones (excluding diaryl/α,β-unsaturated/α-hetero) is 1. The zero-order valence-electron chi connectivity index (χ0n) is 37.7. The summed E-state index contributed by atoms with van der Waals surface area (Å²) in [6.07, 6.45) is 28.4. The van der Waals surface area contributed by atoms with E-state index in [2.05, 4.69) is 26.0 Å². The number of hydrogen-bond acceptors (Lipinski definition) is 10. The molecule has 1 rings (SSSR count). The predicted octanol–water partition coefficient (Wildman–Crippen LogP) is 9.72. The third-order valence-corrected chi connectivity index (χ3v) is 11.8. The highest BCUT2D eigenvalue weighted by Crippen LogP contribution is 2.43. The van der Waals surface area contributed by atoms with Gasteiger partial charge in [-0.25, -0.2) is 4.57 Å². The first-order chi connectivity index (χ1) is 28.2. The number of phosphoric ester groups is 1. The van der Waals surface area contributed by atoms with Crippen molar-refractivity contribution in [2.75, 3.05) is 47.5 Å². The summed E-state index contributed by atoms with van der Waals surface area (Å²) in [5.74, 6) is -1.48. The highest BCUT2D eigenvalue weighted by molar-refractivity contribution is 7.47. The summed E-state index contributed by atoms with van der Waals surface area (Å²) in [5.41, 5.74) is 0. The number of ketones is 1. The minimum atomic E-state index is -4.44. The van der Waals surface area contributed by atoms with Gasteiger partial charge in [0.1, 0.15) is 25.5 Å². The molecule has 1 aliphatic rings. The molecule has 3 N–H and O–H groups in total. The van der Waals surface area contributed by atoms with Gasteiger partial charge >= 0.3 is 19.8 Å². The van der Waals surface area contributed by atoms with Crippen molar-refractivity contribution in [1.82, 2.24) is 0 Å². The summed E-state index contributed by atoms with van der Waals surface area (Å²) < 4.78 is 34.3. The molecule has 0 bridgehead atoms. The van der Waals surface area contributed by atoms with Crippen LogP contribution in [0.2, 0.25) is 0 Å². The molecular formula is C46H85NO11P+. The number of carbonyl (C=O) groups is 3. The molecule has 0 spiro atoms. The van der Waals surface area contributed by atoms with Gasteiger partial charge in [0.05, 0.1) is 40.0 Å². The van der Waals surface area contributed by atoms with Gasteiger partial charge in [0.2, 0.25) is 0 Å². The number of hydrogen-bond donors (Lipinski definition) is 3. The van der Waals surface area contributed by atoms with Crippen LogP contribution in [0.15, 0.2) is 24.3 Å². The fourth-order valence-electron chi connectivity index (χ4n) is 7.14. The smallest absolute Gasteiger partial charge is 0.462 e. The number of aliphatic hydroxyl groups is 2. The number of aliphatic hydroxyl groups excluding tert-OH is 2. The molecule has 12 nitrogen and oxygen atoms in total. The zero-order chi connectivity index (χ0) is 43.8. The van der Waals surface area contributed by atoms with Gasteiger partial charge < -0.3 is 29.1 Å². The number of unbranched alkanes of at least 4 members (excludes halogenated alkanes) is 16. The SMILES string of the molecule is CCCCCCCC/C=C\CCCCCCCC(=O)O[C@H](COC(=O)CCCCCC[C@H]1C(=O)C[C@@H](O)[C@@H]1/C=C/[C@@H](O)CCCCC)COP(=O)(O)OCC[N+](C)(C)C. The van der Waals surface area contributed by atoms with Crippen LogP contribution in [0.25, 0.3) is 0 Å². The fourth-order valence-corrected chi connectivity index (χ4v) is 7.88. The van der Waals surface area contributed by atoms with Gasteiger partial charge in [0.25, 0.3) is 0 Å². The van der Waals surface area contributed by atoms with E-state index in [1.807, 2.05) is 27.2 Å². The quantitative estimate of drug-likeness (QED) is 0.0178. The van der Waals surface area contributed by atoms with E-state index in [0.29, 0.717) is 36.7 Å². The van der Waals surface area contributed by atoms with Gasteiger partial charge in [-0.15, -0.1) is 0 Å². The maximum Gasteiger partial charge on any atom is 0.472 e. The monoisotopic (exact) mass is 859 g/mol. The molecule has 1 fully saturated rings. The Morgan fingerprint density at radius 2 is 1.34 bits per heavy atom. The van der Waals surface area contributed by atoms with Crippen molar-refractivity contribution in [2.45, 2.75) is 193 Å². The number of rotatable bonds is 38. The molecule has 0 amide bonds. The number of likely N-dealkylation sites (N-methyl/N-ethyl adjacent to an activating group) is 1. The summed E-state index contributed by atoms with van der Waals surface area (Å²) in [4.78, 5) is 48.2. The third kappa shape index (κ3) is 30.7. The van der Waals surface area contributed by atoms with Gasteiger partial charge in [0, 0.05) is 31.1 Å². The Kier molecular flexibility index (Phi) is 31.4. The molecule has 344 valence electrons. The lowest BCUT2D eigenvalue weighted by Crippen LogP contribution is -2.37. The number of phosphoric acid groups is 1. The van der Waals surface area contributed by atoms with Crippen molar-refractivity contribution in [2.24, 2.45) is 11.8 Å². The summed E-state index contributed by atoms with van der Waals surface area (Å²) in [6.45, 7) is 4.04. The molecule has 6 atom stereocenters. The summed E-state index contributed by atoms with van der Waals surface area (Å²) in [5, 5.41) is 20.7. The average Bonchev–Trinajstić information content (AvgIpc) is 3.44. The van der Waals surface area contributed by atoms with Crippen LogP contribution in [0.3, 0.4) is 0 Å². The predicted molar refractivity (Wildman–Crippen MR) is 235 cm³/mol. The third-order valence-electron chi connectivity index (χ3n) is 10.8. The molecule has 0 saturated heterocycles. The number of quaternary nitrogens is 1. The Labute approximate surface area is 358 Å². The molecule has 0 heterocycles. The van der Waals surface area contributed by atoms with Crippen molar-refractivity contribution < 1.29 is 57.1 Å². The Balaban J connectivity index is 2.46. The van der Waals surface area contributed by atoms with E-state index in [0.717, 1.165) is 77.0 Å². The first kappa shape index (κ1) is 55.1. The van der Waals surface area contributed by atoms with Gasteiger partial charge in [0.15, 0.2) is 6.10 Å². The van der Waals surface area contributed by atoms with E-state index < -0.39 is 44.7 Å².